The van der Waals surface area contributed by atoms with Gasteiger partial charge in [-0.25, -0.2) is 0 Å². The van der Waals surface area contributed by atoms with Crippen LogP contribution in [0.5, 0.6) is 5.75 Å². The molecule has 0 aliphatic rings. The number of nitro groups is 1. The molecule has 0 fully saturated rings. The SMILES string of the molecule is COC(=O)CC(C[N+](=O)[O-])c1ccc(OCc2ccccc2)cc1. The summed E-state index contributed by atoms with van der Waals surface area (Å²) in [5, 5.41) is 10.8. The third-order valence-corrected chi connectivity index (χ3v) is 3.61. The maximum atomic E-state index is 11.4. The van der Waals surface area contributed by atoms with Crippen LogP contribution in [0.3, 0.4) is 0 Å². The van der Waals surface area contributed by atoms with Crippen LogP contribution in [0.2, 0.25) is 0 Å². The fourth-order valence-corrected chi connectivity index (χ4v) is 2.33. The van der Waals surface area contributed by atoms with Crippen molar-refractivity contribution in [1.82, 2.24) is 0 Å². The first-order valence-electron chi connectivity index (χ1n) is 7.54. The molecular formula is C18H19NO5. The first kappa shape index (κ1) is 17.5. The first-order valence-corrected chi connectivity index (χ1v) is 7.54. The highest BCUT2D eigenvalue weighted by Gasteiger charge is 2.22. The summed E-state index contributed by atoms with van der Waals surface area (Å²) in [5.41, 5.74) is 1.77. The van der Waals surface area contributed by atoms with Crippen molar-refractivity contribution in [3.63, 3.8) is 0 Å². The van der Waals surface area contributed by atoms with Gasteiger partial charge in [0.1, 0.15) is 12.4 Å². The second-order valence-corrected chi connectivity index (χ2v) is 5.34. The summed E-state index contributed by atoms with van der Waals surface area (Å²) in [4.78, 5) is 21.8. The van der Waals surface area contributed by atoms with Gasteiger partial charge in [-0.05, 0) is 23.3 Å². The molecule has 6 heteroatoms. The molecule has 0 bridgehead atoms. The van der Waals surface area contributed by atoms with Crippen molar-refractivity contribution in [2.75, 3.05) is 13.7 Å². The van der Waals surface area contributed by atoms with Crippen LogP contribution in [0.25, 0.3) is 0 Å². The minimum absolute atomic E-state index is 0.0261. The number of carbonyl (C=O) groups is 1. The Bertz CT molecular complexity index is 670. The zero-order valence-corrected chi connectivity index (χ0v) is 13.4. The number of carbonyl (C=O) groups excluding carboxylic acids is 1. The molecule has 0 aromatic heterocycles. The van der Waals surface area contributed by atoms with Gasteiger partial charge in [-0.3, -0.25) is 14.9 Å². The van der Waals surface area contributed by atoms with Gasteiger partial charge in [-0.2, -0.15) is 0 Å². The highest BCUT2D eigenvalue weighted by Crippen LogP contribution is 2.23. The Hall–Kier alpha value is -2.89. The van der Waals surface area contributed by atoms with Gasteiger partial charge < -0.3 is 9.47 Å². The Morgan fingerprint density at radius 1 is 1.12 bits per heavy atom. The molecule has 0 heterocycles. The quantitative estimate of drug-likeness (QED) is 0.422. The van der Waals surface area contributed by atoms with E-state index in [0.29, 0.717) is 17.9 Å². The molecule has 24 heavy (non-hydrogen) atoms. The largest absolute Gasteiger partial charge is 0.489 e. The van der Waals surface area contributed by atoms with Crippen molar-refractivity contribution >= 4 is 5.97 Å². The Morgan fingerprint density at radius 2 is 1.79 bits per heavy atom. The number of hydrogen-bond donors (Lipinski definition) is 0. The highest BCUT2D eigenvalue weighted by atomic mass is 16.6. The van der Waals surface area contributed by atoms with Crippen LogP contribution in [-0.4, -0.2) is 24.5 Å². The van der Waals surface area contributed by atoms with Crippen molar-refractivity contribution < 1.29 is 19.2 Å². The molecule has 0 saturated heterocycles. The van der Waals surface area contributed by atoms with Crippen molar-refractivity contribution in [2.45, 2.75) is 18.9 Å². The molecule has 126 valence electrons. The van der Waals surface area contributed by atoms with Crippen molar-refractivity contribution in [1.29, 1.82) is 0 Å². The van der Waals surface area contributed by atoms with Gasteiger partial charge in [-0.15, -0.1) is 0 Å². The normalized spacial score (nSPS) is 11.5. The summed E-state index contributed by atoms with van der Waals surface area (Å²) >= 11 is 0. The van der Waals surface area contributed by atoms with Crippen LogP contribution in [0.4, 0.5) is 0 Å². The summed E-state index contributed by atoms with van der Waals surface area (Å²) < 4.78 is 10.3. The van der Waals surface area contributed by atoms with Crippen molar-refractivity contribution in [2.24, 2.45) is 0 Å². The number of rotatable bonds is 8. The van der Waals surface area contributed by atoms with Gasteiger partial charge in [0.05, 0.1) is 19.4 Å². The molecule has 1 atom stereocenters. The van der Waals surface area contributed by atoms with E-state index >= 15 is 0 Å². The molecule has 0 aliphatic carbocycles. The molecule has 0 amide bonds. The fourth-order valence-electron chi connectivity index (χ4n) is 2.33. The Morgan fingerprint density at radius 3 is 2.38 bits per heavy atom. The number of hydrogen-bond acceptors (Lipinski definition) is 5. The standard InChI is InChI=1S/C18H19NO5/c1-23-18(20)11-16(12-19(21)22)15-7-9-17(10-8-15)24-13-14-5-3-2-4-6-14/h2-10,16H,11-13H2,1H3. The summed E-state index contributed by atoms with van der Waals surface area (Å²) in [7, 11) is 1.27. The molecule has 2 rings (SSSR count). The molecule has 2 aromatic rings. The molecule has 0 N–H and O–H groups in total. The van der Waals surface area contributed by atoms with E-state index in [-0.39, 0.29) is 13.0 Å². The van der Waals surface area contributed by atoms with Gasteiger partial charge in [0.2, 0.25) is 6.54 Å². The van der Waals surface area contributed by atoms with E-state index in [0.717, 1.165) is 5.56 Å². The molecular weight excluding hydrogens is 310 g/mol. The summed E-state index contributed by atoms with van der Waals surface area (Å²) in [6, 6.07) is 16.8. The molecule has 0 saturated carbocycles. The predicted molar refractivity (Wildman–Crippen MR) is 88.5 cm³/mol. The van der Waals surface area contributed by atoms with E-state index in [1.807, 2.05) is 30.3 Å². The molecule has 2 aromatic carbocycles. The minimum atomic E-state index is -0.518. The predicted octanol–water partition coefficient (Wildman–Crippen LogP) is 3.19. The Kier molecular flexibility index (Phi) is 6.31. The zero-order chi connectivity index (χ0) is 17.4. The average Bonchev–Trinajstić information content (AvgIpc) is 2.60. The van der Waals surface area contributed by atoms with Gasteiger partial charge in [0.25, 0.3) is 0 Å². The lowest BCUT2D eigenvalue weighted by atomic mass is 9.96. The van der Waals surface area contributed by atoms with Gasteiger partial charge in [0.15, 0.2) is 0 Å². The molecule has 0 spiro atoms. The van der Waals surface area contributed by atoms with Crippen LogP contribution in [0.15, 0.2) is 54.6 Å². The molecule has 0 aliphatic heterocycles. The second-order valence-electron chi connectivity index (χ2n) is 5.34. The van der Waals surface area contributed by atoms with Gasteiger partial charge in [-0.1, -0.05) is 42.5 Å². The Balaban J connectivity index is 2.02. The number of methoxy groups -OCH3 is 1. The van der Waals surface area contributed by atoms with E-state index in [4.69, 9.17) is 4.74 Å². The molecule has 1 unspecified atom stereocenters. The number of nitrogens with zero attached hydrogens (tertiary/aromatic N) is 1. The lowest BCUT2D eigenvalue weighted by Crippen LogP contribution is -2.17. The maximum absolute atomic E-state index is 11.4. The van der Waals surface area contributed by atoms with Gasteiger partial charge in [0, 0.05) is 4.92 Å². The topological polar surface area (TPSA) is 78.7 Å². The lowest BCUT2D eigenvalue weighted by Gasteiger charge is -2.13. The number of ether oxygens (including phenoxy) is 2. The van der Waals surface area contributed by atoms with Gasteiger partial charge >= 0.3 is 5.97 Å². The van der Waals surface area contributed by atoms with Crippen LogP contribution >= 0.6 is 0 Å². The second kappa shape index (κ2) is 8.67. The van der Waals surface area contributed by atoms with Crippen LogP contribution in [-0.2, 0) is 16.1 Å². The zero-order valence-electron chi connectivity index (χ0n) is 13.4. The average molecular weight is 329 g/mol. The monoisotopic (exact) mass is 329 g/mol. The van der Waals surface area contributed by atoms with Crippen molar-refractivity contribution in [3.05, 3.63) is 75.8 Å². The molecule has 0 radical (unpaired) electrons. The van der Waals surface area contributed by atoms with E-state index < -0.39 is 16.8 Å². The van der Waals surface area contributed by atoms with E-state index in [1.54, 1.807) is 24.3 Å². The number of benzene rings is 2. The summed E-state index contributed by atoms with van der Waals surface area (Å²) in [5.74, 6) is -0.317. The smallest absolute Gasteiger partial charge is 0.306 e. The third kappa shape index (κ3) is 5.39. The van der Waals surface area contributed by atoms with Crippen LogP contribution < -0.4 is 4.74 Å². The van der Waals surface area contributed by atoms with E-state index in [1.165, 1.54) is 7.11 Å². The highest BCUT2D eigenvalue weighted by molar-refractivity contribution is 5.70. The maximum Gasteiger partial charge on any atom is 0.306 e. The summed E-state index contributed by atoms with van der Waals surface area (Å²) in [6.07, 6.45) is -0.0261. The van der Waals surface area contributed by atoms with Crippen LogP contribution in [0.1, 0.15) is 23.5 Å². The third-order valence-electron chi connectivity index (χ3n) is 3.61. The van der Waals surface area contributed by atoms with Crippen LogP contribution in [0, 0.1) is 10.1 Å². The fraction of sp³-hybridized carbons (Fsp3) is 0.278. The van der Waals surface area contributed by atoms with E-state index in [2.05, 4.69) is 4.74 Å². The first-order chi connectivity index (χ1) is 11.6. The molecule has 6 nitrogen and oxygen atoms in total. The Labute approximate surface area is 140 Å². The summed E-state index contributed by atoms with van der Waals surface area (Å²) in [6.45, 7) is 0.125. The minimum Gasteiger partial charge on any atom is -0.489 e. The van der Waals surface area contributed by atoms with E-state index in [9.17, 15) is 14.9 Å². The van der Waals surface area contributed by atoms with Crippen molar-refractivity contribution in [3.8, 4) is 5.75 Å². The number of esters is 1. The lowest BCUT2D eigenvalue weighted by molar-refractivity contribution is -0.483.